The van der Waals surface area contributed by atoms with Gasteiger partial charge in [-0.2, -0.15) is 0 Å². The van der Waals surface area contributed by atoms with Gasteiger partial charge in [0.1, 0.15) is 5.82 Å². The molecular weight excluding hydrogens is 248 g/mol. The van der Waals surface area contributed by atoms with Crippen molar-refractivity contribution in [3.63, 3.8) is 0 Å². The number of thioether (sulfide) groups is 1. The molecule has 0 aliphatic heterocycles. The van der Waals surface area contributed by atoms with Crippen LogP contribution in [0.25, 0.3) is 0 Å². The number of amides is 1. The Kier molecular flexibility index (Phi) is 4.27. The van der Waals surface area contributed by atoms with Gasteiger partial charge < -0.3 is 9.88 Å². The minimum absolute atomic E-state index is 0.0965. The molecule has 5 nitrogen and oxygen atoms in total. The molecule has 0 atom stereocenters. The number of carbonyl (C=O) groups is 1. The zero-order chi connectivity index (χ0) is 13.1. The molecule has 1 aliphatic carbocycles. The topological polar surface area (TPSA) is 59.8 Å². The van der Waals surface area contributed by atoms with Crippen molar-refractivity contribution in [2.75, 3.05) is 5.75 Å². The lowest BCUT2D eigenvalue weighted by molar-refractivity contribution is -0.118. The summed E-state index contributed by atoms with van der Waals surface area (Å²) in [6.45, 7) is 7.12. The van der Waals surface area contributed by atoms with Gasteiger partial charge in [0, 0.05) is 18.5 Å². The highest BCUT2D eigenvalue weighted by Gasteiger charge is 2.23. The van der Waals surface area contributed by atoms with E-state index in [-0.39, 0.29) is 5.91 Å². The first kappa shape index (κ1) is 13.4. The molecule has 1 amide bonds. The molecule has 100 valence electrons. The van der Waals surface area contributed by atoms with Crippen LogP contribution >= 0.6 is 11.8 Å². The molecule has 0 bridgehead atoms. The molecule has 0 aromatic carbocycles. The maximum atomic E-state index is 11.6. The molecule has 1 aromatic heterocycles. The predicted octanol–water partition coefficient (Wildman–Crippen LogP) is 1.79. The molecular formula is C12H20N4OS. The highest BCUT2D eigenvalue weighted by Crippen LogP contribution is 2.22. The van der Waals surface area contributed by atoms with Crippen LogP contribution in [0.4, 0.5) is 0 Å². The van der Waals surface area contributed by atoms with Crippen LogP contribution in [-0.2, 0) is 11.3 Å². The van der Waals surface area contributed by atoms with E-state index in [1.54, 1.807) is 0 Å². The Balaban J connectivity index is 1.93. The van der Waals surface area contributed by atoms with E-state index in [1.807, 2.05) is 0 Å². The third-order valence-electron chi connectivity index (χ3n) is 2.85. The van der Waals surface area contributed by atoms with Crippen molar-refractivity contribution in [3.8, 4) is 0 Å². The average molecular weight is 268 g/mol. The van der Waals surface area contributed by atoms with Gasteiger partial charge in [0.25, 0.3) is 0 Å². The van der Waals surface area contributed by atoms with Crippen LogP contribution in [0, 0.1) is 0 Å². The number of aromatic nitrogens is 3. The smallest absolute Gasteiger partial charge is 0.230 e. The zero-order valence-electron chi connectivity index (χ0n) is 11.1. The number of carbonyl (C=O) groups excluding carboxylic acids is 1. The zero-order valence-corrected chi connectivity index (χ0v) is 12.0. The molecule has 0 saturated heterocycles. The van der Waals surface area contributed by atoms with Crippen molar-refractivity contribution in [1.82, 2.24) is 20.1 Å². The van der Waals surface area contributed by atoms with Gasteiger partial charge in [-0.25, -0.2) is 0 Å². The molecule has 1 aliphatic rings. The molecule has 1 aromatic rings. The predicted molar refractivity (Wildman–Crippen MR) is 71.7 cm³/mol. The minimum Gasteiger partial charge on any atom is -0.353 e. The fraction of sp³-hybridized carbons (Fsp3) is 0.750. The maximum absolute atomic E-state index is 11.6. The van der Waals surface area contributed by atoms with Gasteiger partial charge in [0.2, 0.25) is 5.91 Å². The van der Waals surface area contributed by atoms with E-state index in [0.717, 1.165) is 30.4 Å². The van der Waals surface area contributed by atoms with Crippen LogP contribution in [-0.4, -0.2) is 32.5 Å². The Hall–Kier alpha value is -1.04. The van der Waals surface area contributed by atoms with Crippen molar-refractivity contribution < 1.29 is 4.79 Å². The van der Waals surface area contributed by atoms with Gasteiger partial charge in [-0.3, -0.25) is 4.79 Å². The quantitative estimate of drug-likeness (QED) is 0.799. The molecule has 0 radical (unpaired) electrons. The van der Waals surface area contributed by atoms with Crippen LogP contribution in [0.3, 0.4) is 0 Å². The third-order valence-corrected chi connectivity index (χ3v) is 3.82. The van der Waals surface area contributed by atoms with Crippen LogP contribution in [0.15, 0.2) is 5.16 Å². The molecule has 6 heteroatoms. The van der Waals surface area contributed by atoms with Gasteiger partial charge >= 0.3 is 0 Å². The van der Waals surface area contributed by atoms with Crippen molar-refractivity contribution in [3.05, 3.63) is 5.82 Å². The molecule has 1 fully saturated rings. The Labute approximate surface area is 112 Å². The van der Waals surface area contributed by atoms with E-state index in [0.29, 0.717) is 17.7 Å². The lowest BCUT2D eigenvalue weighted by atomic mass is 10.2. The second-order valence-corrected chi connectivity index (χ2v) is 5.81. The highest BCUT2D eigenvalue weighted by atomic mass is 32.2. The molecule has 1 saturated carbocycles. The fourth-order valence-corrected chi connectivity index (χ4v) is 2.58. The standard InChI is InChI=1S/C12H20N4OS/c1-4-16-11(8(2)3)14-15-12(16)18-7-10(17)13-9-5-6-9/h8-9H,4-7H2,1-3H3,(H,13,17). The lowest BCUT2D eigenvalue weighted by Gasteiger charge is -2.09. The highest BCUT2D eigenvalue weighted by molar-refractivity contribution is 7.99. The average Bonchev–Trinajstić information content (AvgIpc) is 3.03. The second-order valence-electron chi connectivity index (χ2n) is 4.87. The van der Waals surface area contributed by atoms with E-state index in [2.05, 4.69) is 40.9 Å². The first-order valence-electron chi connectivity index (χ1n) is 6.47. The monoisotopic (exact) mass is 268 g/mol. The number of hydrogen-bond donors (Lipinski definition) is 1. The Morgan fingerprint density at radius 2 is 2.22 bits per heavy atom. The van der Waals surface area contributed by atoms with Crippen LogP contribution in [0.1, 0.15) is 45.4 Å². The van der Waals surface area contributed by atoms with Gasteiger partial charge in [0.05, 0.1) is 5.75 Å². The SMILES string of the molecule is CCn1c(SCC(=O)NC2CC2)nnc1C(C)C. The number of nitrogens with zero attached hydrogens (tertiary/aromatic N) is 3. The Morgan fingerprint density at radius 1 is 1.50 bits per heavy atom. The molecule has 0 unspecified atom stereocenters. The molecule has 1 heterocycles. The summed E-state index contributed by atoms with van der Waals surface area (Å²) in [5.41, 5.74) is 0. The minimum atomic E-state index is 0.0965. The van der Waals surface area contributed by atoms with Crippen molar-refractivity contribution in [1.29, 1.82) is 0 Å². The first-order chi connectivity index (χ1) is 8.61. The summed E-state index contributed by atoms with van der Waals surface area (Å²) < 4.78 is 2.08. The molecule has 2 rings (SSSR count). The lowest BCUT2D eigenvalue weighted by Crippen LogP contribution is -2.27. The van der Waals surface area contributed by atoms with E-state index in [1.165, 1.54) is 11.8 Å². The Morgan fingerprint density at radius 3 is 2.78 bits per heavy atom. The van der Waals surface area contributed by atoms with Gasteiger partial charge in [0.15, 0.2) is 5.16 Å². The summed E-state index contributed by atoms with van der Waals surface area (Å²) in [4.78, 5) is 11.6. The van der Waals surface area contributed by atoms with Gasteiger partial charge in [-0.15, -0.1) is 10.2 Å². The maximum Gasteiger partial charge on any atom is 0.230 e. The summed E-state index contributed by atoms with van der Waals surface area (Å²) in [5.74, 6) is 1.86. The first-order valence-corrected chi connectivity index (χ1v) is 7.45. The Bertz CT molecular complexity index is 426. The van der Waals surface area contributed by atoms with Crippen LogP contribution in [0.2, 0.25) is 0 Å². The number of nitrogens with one attached hydrogen (secondary N) is 1. The summed E-state index contributed by atoms with van der Waals surface area (Å²) in [6.07, 6.45) is 2.25. The third kappa shape index (κ3) is 3.25. The van der Waals surface area contributed by atoms with E-state index in [9.17, 15) is 4.79 Å². The van der Waals surface area contributed by atoms with E-state index in [4.69, 9.17) is 0 Å². The van der Waals surface area contributed by atoms with E-state index < -0.39 is 0 Å². The number of hydrogen-bond acceptors (Lipinski definition) is 4. The number of rotatable bonds is 6. The van der Waals surface area contributed by atoms with Crippen LogP contribution < -0.4 is 5.32 Å². The largest absolute Gasteiger partial charge is 0.353 e. The molecule has 1 N–H and O–H groups in total. The summed E-state index contributed by atoms with van der Waals surface area (Å²) in [5, 5.41) is 12.2. The summed E-state index contributed by atoms with van der Waals surface area (Å²) in [6, 6.07) is 0.424. The normalized spacial score (nSPS) is 15.1. The molecule has 0 spiro atoms. The van der Waals surface area contributed by atoms with Crippen molar-refractivity contribution >= 4 is 17.7 Å². The van der Waals surface area contributed by atoms with E-state index >= 15 is 0 Å². The summed E-state index contributed by atoms with van der Waals surface area (Å²) >= 11 is 1.47. The van der Waals surface area contributed by atoms with Crippen LogP contribution in [0.5, 0.6) is 0 Å². The second kappa shape index (κ2) is 5.73. The fourth-order valence-electron chi connectivity index (χ4n) is 1.76. The van der Waals surface area contributed by atoms with Gasteiger partial charge in [-0.05, 0) is 19.8 Å². The van der Waals surface area contributed by atoms with Crippen molar-refractivity contribution in [2.24, 2.45) is 0 Å². The van der Waals surface area contributed by atoms with Gasteiger partial charge in [-0.1, -0.05) is 25.6 Å². The molecule has 18 heavy (non-hydrogen) atoms. The summed E-state index contributed by atoms with van der Waals surface area (Å²) in [7, 11) is 0. The van der Waals surface area contributed by atoms with Crippen molar-refractivity contribution in [2.45, 2.75) is 57.3 Å².